The van der Waals surface area contributed by atoms with Gasteiger partial charge < -0.3 is 5.32 Å². The lowest BCUT2D eigenvalue weighted by atomic mass is 10.2. The van der Waals surface area contributed by atoms with Crippen molar-refractivity contribution in [3.63, 3.8) is 0 Å². The summed E-state index contributed by atoms with van der Waals surface area (Å²) in [4.78, 5) is 12.6. The van der Waals surface area contributed by atoms with Crippen molar-refractivity contribution in [3.05, 3.63) is 58.3 Å². The van der Waals surface area contributed by atoms with Gasteiger partial charge in [-0.3, -0.25) is 4.79 Å². The van der Waals surface area contributed by atoms with Gasteiger partial charge >= 0.3 is 0 Å². The number of carbonyl (C=O) groups is 1. The van der Waals surface area contributed by atoms with Crippen molar-refractivity contribution in [3.8, 4) is 0 Å². The maximum Gasteiger partial charge on any atom is 0.256 e. The first-order valence-corrected chi connectivity index (χ1v) is 6.36. The van der Waals surface area contributed by atoms with Crippen molar-refractivity contribution < 1.29 is 9.18 Å². The van der Waals surface area contributed by atoms with Crippen molar-refractivity contribution in [1.29, 1.82) is 0 Å². The van der Waals surface area contributed by atoms with Gasteiger partial charge in [0.25, 0.3) is 5.91 Å². The lowest BCUT2D eigenvalue weighted by Gasteiger charge is -2.07. The topological polar surface area (TPSA) is 29.1 Å². The van der Waals surface area contributed by atoms with E-state index in [-0.39, 0.29) is 11.7 Å². The molecule has 1 N–H and O–H groups in total. The van der Waals surface area contributed by atoms with E-state index in [1.165, 1.54) is 18.2 Å². The summed E-state index contributed by atoms with van der Waals surface area (Å²) >= 11 is 7.28. The molecular formula is C13H9BrFNOS. The van der Waals surface area contributed by atoms with Crippen LogP contribution in [0.5, 0.6) is 0 Å². The molecule has 0 unspecified atom stereocenters. The van der Waals surface area contributed by atoms with Crippen molar-refractivity contribution in [2.24, 2.45) is 0 Å². The Morgan fingerprint density at radius 1 is 1.22 bits per heavy atom. The molecule has 92 valence electrons. The Bertz CT molecular complexity index is 603. The van der Waals surface area contributed by atoms with Gasteiger partial charge in [0.15, 0.2) is 0 Å². The van der Waals surface area contributed by atoms with Gasteiger partial charge in [0.1, 0.15) is 5.82 Å². The Balaban J connectivity index is 2.22. The van der Waals surface area contributed by atoms with Crippen LogP contribution >= 0.6 is 28.6 Å². The van der Waals surface area contributed by atoms with Crippen molar-refractivity contribution in [2.75, 3.05) is 5.32 Å². The summed E-state index contributed by atoms with van der Waals surface area (Å²) in [6, 6.07) is 11.3. The summed E-state index contributed by atoms with van der Waals surface area (Å²) in [6.45, 7) is 0. The molecule has 0 fully saturated rings. The normalized spacial score (nSPS) is 10.2. The molecule has 0 aromatic heterocycles. The monoisotopic (exact) mass is 325 g/mol. The Labute approximate surface area is 118 Å². The number of thiol groups is 1. The highest BCUT2D eigenvalue weighted by Crippen LogP contribution is 2.21. The summed E-state index contributed by atoms with van der Waals surface area (Å²) < 4.78 is 13.4. The predicted molar refractivity (Wildman–Crippen MR) is 75.7 cm³/mol. The minimum atomic E-state index is -0.373. The van der Waals surface area contributed by atoms with Crippen LogP contribution in [0.4, 0.5) is 10.1 Å². The maximum absolute atomic E-state index is 13.1. The highest BCUT2D eigenvalue weighted by Gasteiger charge is 2.09. The first-order valence-electron chi connectivity index (χ1n) is 5.12. The Kier molecular flexibility index (Phi) is 4.04. The van der Waals surface area contributed by atoms with Gasteiger partial charge in [-0.15, -0.1) is 12.6 Å². The lowest BCUT2D eigenvalue weighted by molar-refractivity contribution is 0.102. The van der Waals surface area contributed by atoms with Gasteiger partial charge in [0.2, 0.25) is 0 Å². The SMILES string of the molecule is O=C(Nc1ccc(F)c(Br)c1)c1ccccc1S. The number of carbonyl (C=O) groups excluding carboxylic acids is 1. The smallest absolute Gasteiger partial charge is 0.256 e. The van der Waals surface area contributed by atoms with E-state index in [0.29, 0.717) is 20.6 Å². The van der Waals surface area contributed by atoms with Crippen molar-refractivity contribution >= 4 is 40.2 Å². The molecule has 2 nitrogen and oxygen atoms in total. The molecule has 1 amide bonds. The predicted octanol–water partition coefficient (Wildman–Crippen LogP) is 4.13. The molecule has 2 aromatic rings. The molecule has 0 saturated carbocycles. The third-order valence-electron chi connectivity index (χ3n) is 2.33. The van der Waals surface area contributed by atoms with E-state index in [4.69, 9.17) is 0 Å². The number of benzene rings is 2. The third kappa shape index (κ3) is 2.91. The van der Waals surface area contributed by atoms with Gasteiger partial charge in [-0.05, 0) is 46.3 Å². The van der Waals surface area contributed by atoms with Crippen molar-refractivity contribution in [1.82, 2.24) is 0 Å². The molecule has 2 aromatic carbocycles. The zero-order valence-corrected chi connectivity index (χ0v) is 11.6. The molecule has 0 radical (unpaired) electrons. The second-order valence-corrected chi connectivity index (χ2v) is 4.94. The number of anilines is 1. The van der Waals surface area contributed by atoms with E-state index in [0.717, 1.165) is 0 Å². The molecule has 5 heteroatoms. The molecule has 18 heavy (non-hydrogen) atoms. The van der Waals surface area contributed by atoms with Crippen LogP contribution in [0.1, 0.15) is 10.4 Å². The van der Waals surface area contributed by atoms with Gasteiger partial charge in [-0.25, -0.2) is 4.39 Å². The standard InChI is InChI=1S/C13H9BrFNOS/c14-10-7-8(5-6-11(10)15)16-13(17)9-3-1-2-4-12(9)18/h1-7,18H,(H,16,17). The van der Waals surface area contributed by atoms with Crippen LogP contribution in [-0.4, -0.2) is 5.91 Å². The third-order valence-corrected chi connectivity index (χ3v) is 3.32. The largest absolute Gasteiger partial charge is 0.322 e. The molecule has 0 aliphatic rings. The summed E-state index contributed by atoms with van der Waals surface area (Å²) in [5, 5.41) is 2.68. The number of rotatable bonds is 2. The van der Waals surface area contributed by atoms with Crippen LogP contribution in [0.25, 0.3) is 0 Å². The van der Waals surface area contributed by atoms with E-state index < -0.39 is 0 Å². The maximum atomic E-state index is 13.1. The molecule has 0 bridgehead atoms. The molecule has 0 saturated heterocycles. The van der Waals surface area contributed by atoms with E-state index in [9.17, 15) is 9.18 Å². The summed E-state index contributed by atoms with van der Waals surface area (Å²) in [6.07, 6.45) is 0. The second kappa shape index (κ2) is 5.54. The molecular weight excluding hydrogens is 317 g/mol. The zero-order valence-electron chi connectivity index (χ0n) is 9.15. The van der Waals surface area contributed by atoms with E-state index in [1.807, 2.05) is 0 Å². The molecule has 0 aliphatic carbocycles. The Morgan fingerprint density at radius 2 is 1.94 bits per heavy atom. The van der Waals surface area contributed by atoms with Crippen LogP contribution in [0, 0.1) is 5.82 Å². The summed E-state index contributed by atoms with van der Waals surface area (Å²) in [7, 11) is 0. The second-order valence-electron chi connectivity index (χ2n) is 3.60. The quantitative estimate of drug-likeness (QED) is 0.799. The van der Waals surface area contributed by atoms with E-state index >= 15 is 0 Å². The van der Waals surface area contributed by atoms with Crippen molar-refractivity contribution in [2.45, 2.75) is 4.90 Å². The number of halogens is 2. The summed E-state index contributed by atoms with van der Waals surface area (Å²) in [5.74, 6) is -0.651. The number of nitrogens with one attached hydrogen (secondary N) is 1. The van der Waals surface area contributed by atoms with Gasteiger partial charge in [-0.1, -0.05) is 12.1 Å². The van der Waals surface area contributed by atoms with Gasteiger partial charge in [0, 0.05) is 10.6 Å². The minimum Gasteiger partial charge on any atom is -0.322 e. The average Bonchev–Trinajstić information content (AvgIpc) is 2.34. The Morgan fingerprint density at radius 3 is 2.61 bits per heavy atom. The zero-order chi connectivity index (χ0) is 13.1. The number of hydrogen-bond acceptors (Lipinski definition) is 2. The molecule has 0 aliphatic heterocycles. The first kappa shape index (κ1) is 13.1. The van der Waals surface area contributed by atoms with Crippen LogP contribution in [0.15, 0.2) is 51.8 Å². The lowest BCUT2D eigenvalue weighted by Crippen LogP contribution is -2.12. The van der Waals surface area contributed by atoms with Gasteiger partial charge in [0.05, 0.1) is 10.0 Å². The molecule has 0 atom stereocenters. The molecule has 2 rings (SSSR count). The number of amides is 1. The highest BCUT2D eigenvalue weighted by atomic mass is 79.9. The van der Waals surface area contributed by atoms with E-state index in [1.54, 1.807) is 24.3 Å². The van der Waals surface area contributed by atoms with Crippen LogP contribution in [0.3, 0.4) is 0 Å². The fourth-order valence-corrected chi connectivity index (χ4v) is 2.08. The summed E-state index contributed by atoms with van der Waals surface area (Å²) in [5.41, 5.74) is 0.992. The molecule has 0 heterocycles. The molecule has 0 spiro atoms. The van der Waals surface area contributed by atoms with Crippen LogP contribution in [-0.2, 0) is 0 Å². The van der Waals surface area contributed by atoms with Gasteiger partial charge in [-0.2, -0.15) is 0 Å². The first-order chi connectivity index (χ1) is 8.58. The van der Waals surface area contributed by atoms with Crippen LogP contribution in [0.2, 0.25) is 0 Å². The Hall–Kier alpha value is -1.33. The number of hydrogen-bond donors (Lipinski definition) is 2. The van der Waals surface area contributed by atoms with Crippen LogP contribution < -0.4 is 5.32 Å². The van der Waals surface area contributed by atoms with E-state index in [2.05, 4.69) is 33.9 Å². The minimum absolute atomic E-state index is 0.279. The fourth-order valence-electron chi connectivity index (χ4n) is 1.44. The highest BCUT2D eigenvalue weighted by molar-refractivity contribution is 9.10. The fraction of sp³-hybridized carbons (Fsp3) is 0. The average molecular weight is 326 g/mol.